The average Bonchev–Trinajstić information content (AvgIpc) is 3.17. The first-order valence-electron chi connectivity index (χ1n) is 8.99. The van der Waals surface area contributed by atoms with Crippen LogP contribution in [0.2, 0.25) is 0 Å². The molecule has 2 bridgehead atoms. The second-order valence-corrected chi connectivity index (χ2v) is 8.40. The number of aromatic nitrogens is 1. The molecule has 0 radical (unpaired) electrons. The number of piperidine rings is 1. The predicted molar refractivity (Wildman–Crippen MR) is 97.2 cm³/mol. The van der Waals surface area contributed by atoms with E-state index in [-0.39, 0.29) is 5.91 Å². The number of hydrogen-bond donors (Lipinski definition) is 2. The number of anilines is 1. The Labute approximate surface area is 155 Å². The first-order valence-corrected chi connectivity index (χ1v) is 9.81. The SMILES string of the molecule is O=C(CC1CC2CCC(C1)N2)Nc1ncc(Cc2ccc(F)c(F)c2)s1. The molecule has 2 aliphatic rings. The number of hydrogen-bond acceptors (Lipinski definition) is 4. The number of rotatable bonds is 5. The van der Waals surface area contributed by atoms with Gasteiger partial charge in [-0.3, -0.25) is 4.79 Å². The van der Waals surface area contributed by atoms with Crippen molar-refractivity contribution in [1.29, 1.82) is 0 Å². The van der Waals surface area contributed by atoms with E-state index in [4.69, 9.17) is 0 Å². The van der Waals surface area contributed by atoms with E-state index in [1.165, 1.54) is 30.2 Å². The fourth-order valence-electron chi connectivity index (χ4n) is 4.07. The highest BCUT2D eigenvalue weighted by molar-refractivity contribution is 7.15. The van der Waals surface area contributed by atoms with Crippen molar-refractivity contribution in [2.24, 2.45) is 5.92 Å². The highest BCUT2D eigenvalue weighted by Gasteiger charge is 2.34. The van der Waals surface area contributed by atoms with Crippen molar-refractivity contribution in [3.8, 4) is 0 Å². The van der Waals surface area contributed by atoms with Crippen molar-refractivity contribution >= 4 is 22.4 Å². The zero-order chi connectivity index (χ0) is 18.1. The van der Waals surface area contributed by atoms with Gasteiger partial charge in [-0.15, -0.1) is 11.3 Å². The van der Waals surface area contributed by atoms with Gasteiger partial charge in [0.05, 0.1) is 0 Å². The third-order valence-electron chi connectivity index (χ3n) is 5.21. The van der Waals surface area contributed by atoms with E-state index in [0.29, 0.717) is 41.5 Å². The Morgan fingerprint density at radius 1 is 1.23 bits per heavy atom. The lowest BCUT2D eigenvalue weighted by Crippen LogP contribution is -2.39. The Hall–Kier alpha value is -1.86. The van der Waals surface area contributed by atoms with Crippen LogP contribution in [0.15, 0.2) is 24.4 Å². The number of fused-ring (bicyclic) bond motifs is 2. The van der Waals surface area contributed by atoms with Gasteiger partial charge in [-0.1, -0.05) is 6.07 Å². The summed E-state index contributed by atoms with van der Waals surface area (Å²) < 4.78 is 26.3. The van der Waals surface area contributed by atoms with Gasteiger partial charge >= 0.3 is 0 Å². The zero-order valence-corrected chi connectivity index (χ0v) is 15.1. The largest absolute Gasteiger partial charge is 0.311 e. The number of amides is 1. The topological polar surface area (TPSA) is 54.0 Å². The van der Waals surface area contributed by atoms with Gasteiger partial charge in [0.1, 0.15) is 0 Å². The zero-order valence-electron chi connectivity index (χ0n) is 14.3. The van der Waals surface area contributed by atoms with Crippen molar-refractivity contribution in [1.82, 2.24) is 10.3 Å². The summed E-state index contributed by atoms with van der Waals surface area (Å²) in [6.45, 7) is 0. The van der Waals surface area contributed by atoms with Crippen molar-refractivity contribution in [3.05, 3.63) is 46.5 Å². The van der Waals surface area contributed by atoms with Gasteiger partial charge in [0, 0.05) is 36.0 Å². The average molecular weight is 377 g/mol. The molecule has 2 aliphatic heterocycles. The van der Waals surface area contributed by atoms with Gasteiger partial charge in [0.15, 0.2) is 16.8 Å². The lowest BCUT2D eigenvalue weighted by molar-refractivity contribution is -0.117. The molecule has 0 aliphatic carbocycles. The first-order chi connectivity index (χ1) is 12.5. The maximum absolute atomic E-state index is 13.3. The molecule has 4 nitrogen and oxygen atoms in total. The molecule has 1 aromatic heterocycles. The fourth-order valence-corrected chi connectivity index (χ4v) is 4.93. The van der Waals surface area contributed by atoms with E-state index in [1.807, 2.05) is 0 Å². The van der Waals surface area contributed by atoms with Crippen LogP contribution < -0.4 is 10.6 Å². The van der Waals surface area contributed by atoms with Crippen LogP contribution in [-0.4, -0.2) is 23.0 Å². The highest BCUT2D eigenvalue weighted by Crippen LogP contribution is 2.33. The highest BCUT2D eigenvalue weighted by atomic mass is 32.1. The maximum atomic E-state index is 13.3. The van der Waals surface area contributed by atoms with Crippen LogP contribution in [0.4, 0.5) is 13.9 Å². The number of benzene rings is 1. The summed E-state index contributed by atoms with van der Waals surface area (Å²) in [5, 5.41) is 7.02. The molecule has 0 saturated carbocycles. The molecule has 2 aromatic rings. The second kappa shape index (κ2) is 7.40. The summed E-state index contributed by atoms with van der Waals surface area (Å²) in [5.74, 6) is -1.26. The van der Waals surface area contributed by atoms with Crippen LogP contribution >= 0.6 is 11.3 Å². The third-order valence-corrected chi connectivity index (χ3v) is 6.12. The summed E-state index contributed by atoms with van der Waals surface area (Å²) in [6, 6.07) is 5.03. The minimum atomic E-state index is -0.850. The number of nitrogens with zero attached hydrogens (tertiary/aromatic N) is 1. The van der Waals surface area contributed by atoms with Gasteiger partial charge in [0.25, 0.3) is 0 Å². The predicted octanol–water partition coefficient (Wildman–Crippen LogP) is 3.87. The van der Waals surface area contributed by atoms with Crippen molar-refractivity contribution in [2.75, 3.05) is 5.32 Å². The van der Waals surface area contributed by atoms with Gasteiger partial charge in [0.2, 0.25) is 5.91 Å². The maximum Gasteiger partial charge on any atom is 0.226 e. The van der Waals surface area contributed by atoms with Crippen LogP contribution in [0, 0.1) is 17.6 Å². The van der Waals surface area contributed by atoms with E-state index >= 15 is 0 Å². The molecule has 26 heavy (non-hydrogen) atoms. The van der Waals surface area contributed by atoms with Crippen molar-refractivity contribution in [3.63, 3.8) is 0 Å². The third kappa shape index (κ3) is 4.10. The molecule has 0 spiro atoms. The Bertz CT molecular complexity index is 798. The van der Waals surface area contributed by atoms with E-state index in [0.717, 1.165) is 23.8 Å². The Balaban J connectivity index is 1.31. The van der Waals surface area contributed by atoms with Gasteiger partial charge in [-0.2, -0.15) is 0 Å². The van der Waals surface area contributed by atoms with E-state index < -0.39 is 11.6 Å². The second-order valence-electron chi connectivity index (χ2n) is 7.28. The van der Waals surface area contributed by atoms with E-state index in [1.54, 1.807) is 12.3 Å². The number of carbonyl (C=O) groups excluding carboxylic acids is 1. The minimum Gasteiger partial charge on any atom is -0.311 e. The van der Waals surface area contributed by atoms with Crippen LogP contribution in [-0.2, 0) is 11.2 Å². The fraction of sp³-hybridized carbons (Fsp3) is 0.474. The van der Waals surface area contributed by atoms with Crippen molar-refractivity contribution in [2.45, 2.75) is 50.6 Å². The molecule has 4 rings (SSSR count). The molecular weight excluding hydrogens is 356 g/mol. The van der Waals surface area contributed by atoms with E-state index in [9.17, 15) is 13.6 Å². The molecule has 1 amide bonds. The standard InChI is InChI=1S/C19H21F2N3OS/c20-16-4-1-11(8-17(16)21)7-15-10-22-19(26-15)24-18(25)9-12-5-13-2-3-14(6-12)23-13/h1,4,8,10,12-14,23H,2-3,5-7,9H2,(H,22,24,25). The van der Waals surface area contributed by atoms with Crippen LogP contribution in [0.25, 0.3) is 0 Å². The molecule has 138 valence electrons. The number of thiazole rings is 1. The first kappa shape index (κ1) is 17.5. The normalized spacial score (nSPS) is 24.6. The smallest absolute Gasteiger partial charge is 0.226 e. The lowest BCUT2D eigenvalue weighted by atomic mass is 9.89. The number of halogens is 2. The molecular formula is C19H21F2N3OS. The summed E-state index contributed by atoms with van der Waals surface area (Å²) in [4.78, 5) is 17.4. The number of nitrogens with one attached hydrogen (secondary N) is 2. The monoisotopic (exact) mass is 377 g/mol. The summed E-state index contributed by atoms with van der Waals surface area (Å²) in [5.41, 5.74) is 0.676. The Morgan fingerprint density at radius 3 is 2.73 bits per heavy atom. The van der Waals surface area contributed by atoms with Crippen molar-refractivity contribution < 1.29 is 13.6 Å². The van der Waals surface area contributed by atoms with Crippen LogP contribution in [0.5, 0.6) is 0 Å². The quantitative estimate of drug-likeness (QED) is 0.832. The Morgan fingerprint density at radius 2 is 2.00 bits per heavy atom. The van der Waals surface area contributed by atoms with Gasteiger partial charge in [-0.25, -0.2) is 13.8 Å². The lowest BCUT2D eigenvalue weighted by Gasteiger charge is -2.28. The molecule has 2 atom stereocenters. The van der Waals surface area contributed by atoms with Crippen LogP contribution in [0.1, 0.15) is 42.5 Å². The summed E-state index contributed by atoms with van der Waals surface area (Å²) >= 11 is 1.37. The van der Waals surface area contributed by atoms with Gasteiger partial charge < -0.3 is 10.6 Å². The molecule has 1 aromatic carbocycles. The molecule has 2 fully saturated rings. The summed E-state index contributed by atoms with van der Waals surface area (Å²) in [6.07, 6.45) is 7.26. The summed E-state index contributed by atoms with van der Waals surface area (Å²) in [7, 11) is 0. The molecule has 2 unspecified atom stereocenters. The van der Waals surface area contributed by atoms with Gasteiger partial charge in [-0.05, 0) is 49.3 Å². The van der Waals surface area contributed by atoms with Crippen LogP contribution in [0.3, 0.4) is 0 Å². The number of carbonyl (C=O) groups is 1. The van der Waals surface area contributed by atoms with E-state index in [2.05, 4.69) is 15.6 Å². The molecule has 2 saturated heterocycles. The molecule has 2 N–H and O–H groups in total. The Kier molecular flexibility index (Phi) is 5.00. The molecule has 3 heterocycles. The molecule has 7 heteroatoms. The minimum absolute atomic E-state index is 0.00465.